The molecule has 0 aliphatic rings. The summed E-state index contributed by atoms with van der Waals surface area (Å²) >= 11 is 0. The number of aromatic nitrogens is 1. The molecule has 0 unspecified atom stereocenters. The number of hydrogen-bond donors (Lipinski definition) is 2. The van der Waals surface area contributed by atoms with Crippen molar-refractivity contribution in [3.8, 4) is 17.2 Å². The molecule has 2 aromatic rings. The van der Waals surface area contributed by atoms with Crippen molar-refractivity contribution in [1.29, 1.82) is 5.26 Å². The first-order chi connectivity index (χ1) is 13.0. The number of rotatable bonds is 6. The van der Waals surface area contributed by atoms with Crippen LogP contribution >= 0.6 is 0 Å². The van der Waals surface area contributed by atoms with E-state index in [1.807, 2.05) is 6.07 Å². The predicted octanol–water partition coefficient (Wildman–Crippen LogP) is 1.39. The first-order valence-corrected chi connectivity index (χ1v) is 10.3. The maximum atomic E-state index is 12.7. The summed E-state index contributed by atoms with van der Waals surface area (Å²) in [5.74, 6) is -1.05. The van der Waals surface area contributed by atoms with Gasteiger partial charge >= 0.3 is 0 Å². The zero-order chi connectivity index (χ0) is 21.1. The Hall–Kier alpha value is -2.96. The van der Waals surface area contributed by atoms with Crippen LogP contribution < -0.4 is 11.0 Å². The van der Waals surface area contributed by atoms with Gasteiger partial charge in [-0.3, -0.25) is 14.8 Å². The molecule has 0 saturated heterocycles. The van der Waals surface area contributed by atoms with Crippen LogP contribution in [0.15, 0.2) is 41.3 Å². The average molecular weight is 403 g/mol. The van der Waals surface area contributed by atoms with Gasteiger partial charge in [-0.1, -0.05) is 12.1 Å². The van der Waals surface area contributed by atoms with E-state index in [-0.39, 0.29) is 18.5 Å². The lowest BCUT2D eigenvalue weighted by molar-refractivity contribution is -0.131. The standard InChI is InChI=1S/C19H21N3O5S/c1-13-16(15-6-4-14(12-20)5-7-15)8-10-22(17(13)23)11-9-19(2,18(24)21-25)28(3,26)27/h4-8,10,25H,9,11H2,1-3H3,(H,21,24)/t19-/m1/s1. The quantitative estimate of drug-likeness (QED) is 0.554. The van der Waals surface area contributed by atoms with Gasteiger partial charge in [0.25, 0.3) is 11.5 Å². The van der Waals surface area contributed by atoms with E-state index in [9.17, 15) is 18.0 Å². The number of hydrogen-bond acceptors (Lipinski definition) is 6. The summed E-state index contributed by atoms with van der Waals surface area (Å²) in [6.07, 6.45) is 2.25. The zero-order valence-electron chi connectivity index (χ0n) is 15.8. The number of hydroxylamine groups is 1. The number of nitriles is 1. The van der Waals surface area contributed by atoms with Crippen molar-refractivity contribution in [3.63, 3.8) is 0 Å². The van der Waals surface area contributed by atoms with E-state index in [2.05, 4.69) is 0 Å². The summed E-state index contributed by atoms with van der Waals surface area (Å²) in [6, 6.07) is 10.6. The minimum Gasteiger partial charge on any atom is -0.315 e. The molecule has 0 radical (unpaired) electrons. The Bertz CT molecular complexity index is 1100. The molecule has 1 amide bonds. The van der Waals surface area contributed by atoms with Crippen molar-refractivity contribution >= 4 is 15.7 Å². The van der Waals surface area contributed by atoms with E-state index < -0.39 is 20.5 Å². The smallest absolute Gasteiger partial charge is 0.264 e. The van der Waals surface area contributed by atoms with Gasteiger partial charge < -0.3 is 4.57 Å². The second kappa shape index (κ2) is 7.96. The lowest BCUT2D eigenvalue weighted by Crippen LogP contribution is -2.50. The molecule has 1 atom stereocenters. The largest absolute Gasteiger partial charge is 0.315 e. The molecule has 0 bridgehead atoms. The van der Waals surface area contributed by atoms with Crippen LogP contribution in [-0.4, -0.2) is 35.1 Å². The van der Waals surface area contributed by atoms with Gasteiger partial charge in [0.1, 0.15) is 0 Å². The molecule has 2 N–H and O–H groups in total. The van der Waals surface area contributed by atoms with Crippen molar-refractivity contribution in [2.24, 2.45) is 0 Å². The number of aryl methyl sites for hydroxylation is 1. The molecule has 0 aliphatic heterocycles. The summed E-state index contributed by atoms with van der Waals surface area (Å²) in [6.45, 7) is 2.84. The van der Waals surface area contributed by atoms with E-state index in [1.165, 1.54) is 23.2 Å². The van der Waals surface area contributed by atoms with Gasteiger partial charge in [-0.05, 0) is 49.6 Å². The summed E-state index contributed by atoms with van der Waals surface area (Å²) < 4.78 is 23.5. The van der Waals surface area contributed by atoms with E-state index in [0.29, 0.717) is 16.7 Å². The molecule has 2 rings (SSSR count). The van der Waals surface area contributed by atoms with Crippen molar-refractivity contribution in [2.45, 2.75) is 31.6 Å². The molecule has 148 valence electrons. The highest BCUT2D eigenvalue weighted by molar-refractivity contribution is 7.92. The van der Waals surface area contributed by atoms with Crippen molar-refractivity contribution in [3.05, 3.63) is 58.0 Å². The molecular weight excluding hydrogens is 382 g/mol. The molecule has 8 nitrogen and oxygen atoms in total. The molecule has 0 saturated carbocycles. The SMILES string of the molecule is Cc1c(-c2ccc(C#N)cc2)ccn(CC[C@](C)(C(=O)NO)S(C)(=O)=O)c1=O. The number of nitrogens with one attached hydrogen (secondary N) is 1. The lowest BCUT2D eigenvalue weighted by atomic mass is 10.0. The van der Waals surface area contributed by atoms with Crippen LogP contribution in [0.4, 0.5) is 0 Å². The normalized spacial score (nSPS) is 13.4. The van der Waals surface area contributed by atoms with Crippen LogP contribution in [0.5, 0.6) is 0 Å². The number of benzene rings is 1. The number of carbonyl (C=O) groups excluding carboxylic acids is 1. The Kier molecular flexibility index (Phi) is 6.07. The van der Waals surface area contributed by atoms with E-state index >= 15 is 0 Å². The first-order valence-electron chi connectivity index (χ1n) is 8.40. The zero-order valence-corrected chi connectivity index (χ0v) is 16.6. The van der Waals surface area contributed by atoms with Crippen LogP contribution in [-0.2, 0) is 21.2 Å². The Morgan fingerprint density at radius 3 is 2.39 bits per heavy atom. The maximum Gasteiger partial charge on any atom is 0.264 e. The van der Waals surface area contributed by atoms with Crippen LogP contribution in [0.25, 0.3) is 11.1 Å². The average Bonchev–Trinajstić information content (AvgIpc) is 2.67. The van der Waals surface area contributed by atoms with Crippen LogP contribution in [0.2, 0.25) is 0 Å². The second-order valence-electron chi connectivity index (χ2n) is 6.74. The molecule has 0 aliphatic carbocycles. The van der Waals surface area contributed by atoms with Crippen LogP contribution in [0.3, 0.4) is 0 Å². The predicted molar refractivity (Wildman–Crippen MR) is 103 cm³/mol. The molecule has 9 heteroatoms. The number of carbonyl (C=O) groups is 1. The fourth-order valence-electron chi connectivity index (χ4n) is 2.82. The third-order valence-corrected chi connectivity index (χ3v) is 6.99. The molecular formula is C19H21N3O5S. The summed E-state index contributed by atoms with van der Waals surface area (Å²) in [7, 11) is -3.84. The lowest BCUT2D eigenvalue weighted by Gasteiger charge is -2.25. The third kappa shape index (κ3) is 3.98. The number of sulfone groups is 1. The highest BCUT2D eigenvalue weighted by Gasteiger charge is 2.43. The Labute approximate surface area is 162 Å². The maximum absolute atomic E-state index is 12.7. The summed E-state index contributed by atoms with van der Waals surface area (Å²) in [4.78, 5) is 24.6. The van der Waals surface area contributed by atoms with Crippen LogP contribution in [0.1, 0.15) is 24.5 Å². The Morgan fingerprint density at radius 1 is 1.29 bits per heavy atom. The molecule has 1 heterocycles. The molecule has 28 heavy (non-hydrogen) atoms. The molecule has 0 spiro atoms. The second-order valence-corrected chi connectivity index (χ2v) is 9.18. The van der Waals surface area contributed by atoms with Gasteiger partial charge in [0.2, 0.25) is 0 Å². The van der Waals surface area contributed by atoms with E-state index in [4.69, 9.17) is 10.5 Å². The fraction of sp³-hybridized carbons (Fsp3) is 0.316. The summed E-state index contributed by atoms with van der Waals surface area (Å²) in [5, 5.41) is 17.8. The highest BCUT2D eigenvalue weighted by Crippen LogP contribution is 2.24. The van der Waals surface area contributed by atoms with Gasteiger partial charge in [-0.25, -0.2) is 13.9 Å². The van der Waals surface area contributed by atoms with Crippen molar-refractivity contribution in [1.82, 2.24) is 10.0 Å². The van der Waals surface area contributed by atoms with Crippen molar-refractivity contribution in [2.75, 3.05) is 6.26 Å². The number of nitrogens with zero attached hydrogens (tertiary/aromatic N) is 2. The molecule has 0 fully saturated rings. The molecule has 1 aromatic carbocycles. The van der Waals surface area contributed by atoms with Gasteiger partial charge in [0.15, 0.2) is 14.6 Å². The van der Waals surface area contributed by atoms with E-state index in [1.54, 1.807) is 37.3 Å². The topological polar surface area (TPSA) is 129 Å². The number of amides is 1. The monoisotopic (exact) mass is 403 g/mol. The van der Waals surface area contributed by atoms with E-state index in [0.717, 1.165) is 11.8 Å². The minimum absolute atomic E-state index is 0.0235. The van der Waals surface area contributed by atoms with Crippen LogP contribution in [0, 0.1) is 18.3 Å². The van der Waals surface area contributed by atoms with Gasteiger partial charge in [0, 0.05) is 24.6 Å². The molecule has 1 aromatic heterocycles. The summed E-state index contributed by atoms with van der Waals surface area (Å²) in [5.41, 5.74) is 3.52. The third-order valence-electron chi connectivity index (χ3n) is 4.96. The van der Waals surface area contributed by atoms with Gasteiger partial charge in [0.05, 0.1) is 11.6 Å². The van der Waals surface area contributed by atoms with Gasteiger partial charge in [-0.15, -0.1) is 0 Å². The first kappa shape index (κ1) is 21.3. The van der Waals surface area contributed by atoms with Crippen molar-refractivity contribution < 1.29 is 18.4 Å². The number of pyridine rings is 1. The highest BCUT2D eigenvalue weighted by atomic mass is 32.2. The fourth-order valence-corrected chi connectivity index (χ4v) is 3.66. The Morgan fingerprint density at radius 2 is 1.89 bits per heavy atom. The van der Waals surface area contributed by atoms with Gasteiger partial charge in [-0.2, -0.15) is 5.26 Å². The minimum atomic E-state index is -3.84. The Balaban J connectivity index is 2.36.